The molecule has 194 valence electrons. The molecule has 0 atom stereocenters. The molecule has 5 rings (SSSR count). The summed E-state index contributed by atoms with van der Waals surface area (Å²) in [5, 5.41) is 3.62. The Bertz CT molecular complexity index is 1220. The van der Waals surface area contributed by atoms with E-state index in [-0.39, 0.29) is 5.97 Å². The number of nitrogens with zero attached hydrogens (tertiary/aromatic N) is 1. The number of anilines is 2. The van der Waals surface area contributed by atoms with E-state index >= 15 is 0 Å². The summed E-state index contributed by atoms with van der Waals surface area (Å²) in [4.78, 5) is 16.0. The summed E-state index contributed by atoms with van der Waals surface area (Å²) < 4.78 is 12.7. The van der Waals surface area contributed by atoms with Crippen LogP contribution in [0.25, 0.3) is 0 Å². The SMILES string of the molecule is CCCCCCCCNc1cc(N(CC)CC)cc2c1C(=O)OC21c2ccccc2Oc2ccccc21. The number of nitrogens with one attached hydrogen (secondary N) is 1. The minimum Gasteiger partial charge on any atom is -0.456 e. The van der Waals surface area contributed by atoms with Crippen molar-refractivity contribution in [2.75, 3.05) is 29.9 Å². The molecule has 0 saturated heterocycles. The Morgan fingerprint density at radius 2 is 1.41 bits per heavy atom. The van der Waals surface area contributed by atoms with Gasteiger partial charge in [0.25, 0.3) is 0 Å². The molecule has 3 aromatic rings. The van der Waals surface area contributed by atoms with E-state index in [0.717, 1.165) is 65.6 Å². The van der Waals surface area contributed by atoms with Crippen LogP contribution in [0.3, 0.4) is 0 Å². The first-order chi connectivity index (χ1) is 18.1. The highest BCUT2D eigenvalue weighted by atomic mass is 16.6. The molecule has 1 spiro atoms. The van der Waals surface area contributed by atoms with Crippen LogP contribution in [0.5, 0.6) is 11.5 Å². The van der Waals surface area contributed by atoms with Gasteiger partial charge in [0.2, 0.25) is 0 Å². The third kappa shape index (κ3) is 4.45. The van der Waals surface area contributed by atoms with E-state index in [1.54, 1.807) is 0 Å². The van der Waals surface area contributed by atoms with Crippen molar-refractivity contribution in [3.05, 3.63) is 82.9 Å². The fourth-order valence-electron chi connectivity index (χ4n) is 5.77. The van der Waals surface area contributed by atoms with Crippen molar-refractivity contribution >= 4 is 17.3 Å². The van der Waals surface area contributed by atoms with Crippen molar-refractivity contribution in [1.82, 2.24) is 0 Å². The Morgan fingerprint density at radius 1 is 0.784 bits per heavy atom. The molecule has 3 aromatic carbocycles. The first-order valence-corrected chi connectivity index (χ1v) is 13.9. The van der Waals surface area contributed by atoms with Crippen molar-refractivity contribution < 1.29 is 14.3 Å². The number of carbonyl (C=O) groups is 1. The number of unbranched alkanes of at least 4 members (excludes halogenated alkanes) is 5. The van der Waals surface area contributed by atoms with Gasteiger partial charge in [-0.15, -0.1) is 0 Å². The van der Waals surface area contributed by atoms with Gasteiger partial charge in [-0.3, -0.25) is 0 Å². The van der Waals surface area contributed by atoms with Crippen LogP contribution in [0, 0.1) is 0 Å². The van der Waals surface area contributed by atoms with Gasteiger partial charge in [0, 0.05) is 42.0 Å². The molecular weight excluding hydrogens is 460 g/mol. The highest BCUT2D eigenvalue weighted by Gasteiger charge is 2.54. The van der Waals surface area contributed by atoms with Crippen molar-refractivity contribution in [2.24, 2.45) is 0 Å². The zero-order valence-corrected chi connectivity index (χ0v) is 22.3. The molecule has 0 aromatic heterocycles. The number of benzene rings is 3. The van der Waals surface area contributed by atoms with Crippen LogP contribution in [0.4, 0.5) is 11.4 Å². The molecule has 1 N–H and O–H groups in total. The van der Waals surface area contributed by atoms with Gasteiger partial charge < -0.3 is 19.7 Å². The van der Waals surface area contributed by atoms with E-state index in [1.165, 1.54) is 32.1 Å². The van der Waals surface area contributed by atoms with Crippen LogP contribution in [0.15, 0.2) is 60.7 Å². The molecule has 2 heterocycles. The second-order valence-electron chi connectivity index (χ2n) is 9.95. The lowest BCUT2D eigenvalue weighted by Crippen LogP contribution is -2.33. The van der Waals surface area contributed by atoms with Crippen LogP contribution in [0.1, 0.15) is 86.3 Å². The molecule has 37 heavy (non-hydrogen) atoms. The number of hydrogen-bond donors (Lipinski definition) is 1. The summed E-state index contributed by atoms with van der Waals surface area (Å²) in [6, 6.07) is 20.1. The Balaban J connectivity index is 1.61. The second-order valence-corrected chi connectivity index (χ2v) is 9.95. The maximum absolute atomic E-state index is 13.7. The largest absolute Gasteiger partial charge is 0.456 e. The number of esters is 1. The molecule has 0 radical (unpaired) electrons. The molecule has 0 amide bonds. The average molecular weight is 499 g/mol. The van der Waals surface area contributed by atoms with Crippen LogP contribution in [-0.2, 0) is 10.3 Å². The zero-order chi connectivity index (χ0) is 25.8. The van der Waals surface area contributed by atoms with Crippen molar-refractivity contribution in [3.63, 3.8) is 0 Å². The number of carbonyl (C=O) groups excluding carboxylic acids is 1. The van der Waals surface area contributed by atoms with Crippen LogP contribution < -0.4 is 15.0 Å². The van der Waals surface area contributed by atoms with E-state index < -0.39 is 5.60 Å². The third-order valence-corrected chi connectivity index (χ3v) is 7.68. The Kier molecular flexibility index (Phi) is 7.40. The summed E-state index contributed by atoms with van der Waals surface area (Å²) in [6.45, 7) is 9.16. The van der Waals surface area contributed by atoms with Crippen LogP contribution >= 0.6 is 0 Å². The molecule has 5 heteroatoms. The molecular formula is C32H38N2O3. The number of para-hydroxylation sites is 2. The van der Waals surface area contributed by atoms with E-state index in [1.807, 2.05) is 48.5 Å². The fraction of sp³-hybridized carbons (Fsp3) is 0.406. The number of hydrogen-bond acceptors (Lipinski definition) is 5. The number of fused-ring (bicyclic) bond motifs is 6. The van der Waals surface area contributed by atoms with Crippen molar-refractivity contribution in [3.8, 4) is 11.5 Å². The smallest absolute Gasteiger partial charge is 0.342 e. The van der Waals surface area contributed by atoms with Gasteiger partial charge in [0.05, 0.1) is 11.3 Å². The lowest BCUT2D eigenvalue weighted by molar-refractivity contribution is 0.0225. The van der Waals surface area contributed by atoms with Gasteiger partial charge in [0.1, 0.15) is 11.5 Å². The van der Waals surface area contributed by atoms with Gasteiger partial charge in [-0.1, -0.05) is 75.4 Å². The molecule has 5 nitrogen and oxygen atoms in total. The monoisotopic (exact) mass is 498 g/mol. The minimum absolute atomic E-state index is 0.293. The lowest BCUT2D eigenvalue weighted by Gasteiger charge is -2.36. The van der Waals surface area contributed by atoms with Crippen LogP contribution in [-0.4, -0.2) is 25.6 Å². The van der Waals surface area contributed by atoms with Gasteiger partial charge in [-0.2, -0.15) is 0 Å². The van der Waals surface area contributed by atoms with Crippen molar-refractivity contribution in [1.29, 1.82) is 0 Å². The van der Waals surface area contributed by atoms with Gasteiger partial charge in [-0.25, -0.2) is 4.79 Å². The van der Waals surface area contributed by atoms with Gasteiger partial charge >= 0.3 is 5.97 Å². The van der Waals surface area contributed by atoms with E-state index in [4.69, 9.17) is 9.47 Å². The maximum Gasteiger partial charge on any atom is 0.342 e. The van der Waals surface area contributed by atoms with E-state index in [2.05, 4.69) is 43.1 Å². The van der Waals surface area contributed by atoms with Crippen molar-refractivity contribution in [2.45, 2.75) is 64.9 Å². The molecule has 2 aliphatic heterocycles. The Labute approximate surface area is 220 Å². The second kappa shape index (κ2) is 10.9. The average Bonchev–Trinajstić information content (AvgIpc) is 3.22. The molecule has 0 aliphatic carbocycles. The predicted octanol–water partition coefficient (Wildman–Crippen LogP) is 7.87. The number of ether oxygens (including phenoxy) is 2. The van der Waals surface area contributed by atoms with Crippen LogP contribution in [0.2, 0.25) is 0 Å². The topological polar surface area (TPSA) is 50.8 Å². The first-order valence-electron chi connectivity index (χ1n) is 13.9. The summed E-state index contributed by atoms with van der Waals surface area (Å²) in [6.07, 6.45) is 7.37. The van der Waals surface area contributed by atoms with Gasteiger partial charge in [0.15, 0.2) is 5.60 Å². The fourth-order valence-corrected chi connectivity index (χ4v) is 5.77. The molecule has 0 saturated carbocycles. The normalized spacial score (nSPS) is 14.4. The quantitative estimate of drug-likeness (QED) is 0.215. The highest BCUT2D eigenvalue weighted by Crippen LogP contribution is 2.57. The predicted molar refractivity (Wildman–Crippen MR) is 150 cm³/mol. The Morgan fingerprint density at radius 3 is 2.05 bits per heavy atom. The lowest BCUT2D eigenvalue weighted by atomic mass is 9.77. The molecule has 0 unspecified atom stereocenters. The highest BCUT2D eigenvalue weighted by molar-refractivity contribution is 6.03. The Hall–Kier alpha value is -3.47. The summed E-state index contributed by atoms with van der Waals surface area (Å²) in [5.74, 6) is 1.14. The molecule has 0 bridgehead atoms. The number of rotatable bonds is 11. The standard InChI is InChI=1S/C32H38N2O3/c1-4-7-8-9-10-15-20-33-27-22-23(34(5-2)6-3)21-26-30(27)31(35)37-32(26)24-16-11-13-18-28(24)36-29-19-14-12-17-25(29)32/h11-14,16-19,21-22,33H,4-10,15,20H2,1-3H3. The minimum atomic E-state index is -1.04. The molecule has 0 fully saturated rings. The third-order valence-electron chi connectivity index (χ3n) is 7.68. The van der Waals surface area contributed by atoms with Gasteiger partial charge in [-0.05, 0) is 44.5 Å². The van der Waals surface area contributed by atoms with E-state index in [9.17, 15) is 4.79 Å². The van der Waals surface area contributed by atoms with E-state index in [0.29, 0.717) is 5.56 Å². The molecule has 2 aliphatic rings. The maximum atomic E-state index is 13.7. The first kappa shape index (κ1) is 25.2. The summed E-state index contributed by atoms with van der Waals surface area (Å²) in [5.41, 5.74) is 4.14. The zero-order valence-electron chi connectivity index (χ0n) is 22.3. The summed E-state index contributed by atoms with van der Waals surface area (Å²) >= 11 is 0. The summed E-state index contributed by atoms with van der Waals surface area (Å²) in [7, 11) is 0.